The number of pyridine rings is 1. The monoisotopic (exact) mass is 424 g/mol. The minimum Gasteiger partial charge on any atom is -0.452 e. The Kier molecular flexibility index (Phi) is 6.73. The summed E-state index contributed by atoms with van der Waals surface area (Å²) < 4.78 is 5.41. The smallest absolute Gasteiger partial charge is 0.339 e. The highest BCUT2D eigenvalue weighted by atomic mass is 35.5. The average molecular weight is 425 g/mol. The Morgan fingerprint density at radius 2 is 1.63 bits per heavy atom. The van der Waals surface area contributed by atoms with Gasteiger partial charge in [-0.1, -0.05) is 41.9 Å². The first-order valence-electron chi connectivity index (χ1n) is 9.92. The minimum atomic E-state index is -0.551. The second kappa shape index (κ2) is 9.26. The lowest BCUT2D eigenvalue weighted by molar-refractivity contribution is -0.138. The van der Waals surface area contributed by atoms with Gasteiger partial charge >= 0.3 is 5.97 Å². The molecule has 0 bridgehead atoms. The molecule has 1 aromatic heterocycles. The van der Waals surface area contributed by atoms with Crippen LogP contribution < -0.4 is 0 Å². The Bertz CT molecular complexity index is 1050. The molecule has 0 saturated heterocycles. The number of hydrogen-bond donors (Lipinski definition) is 0. The largest absolute Gasteiger partial charge is 0.452 e. The Morgan fingerprint density at radius 1 is 1.00 bits per heavy atom. The maximum atomic E-state index is 12.9. The van der Waals surface area contributed by atoms with Gasteiger partial charge in [-0.2, -0.15) is 0 Å². The normalized spacial score (nSPS) is 11.2. The zero-order valence-corrected chi connectivity index (χ0v) is 18.3. The Labute approximate surface area is 181 Å². The van der Waals surface area contributed by atoms with E-state index in [1.807, 2.05) is 64.1 Å². The number of amides is 1. The fourth-order valence-electron chi connectivity index (χ4n) is 3.56. The van der Waals surface area contributed by atoms with Gasteiger partial charge in [0.2, 0.25) is 0 Å². The molecular weight excluding hydrogens is 400 g/mol. The summed E-state index contributed by atoms with van der Waals surface area (Å²) in [5, 5.41) is 1.30. The Hall–Kier alpha value is -2.92. The number of ether oxygens (including phenoxy) is 1. The molecule has 0 unspecified atom stereocenters. The number of carbonyl (C=O) groups is 2. The molecule has 1 amide bonds. The van der Waals surface area contributed by atoms with Crippen LogP contribution >= 0.6 is 11.6 Å². The van der Waals surface area contributed by atoms with E-state index in [9.17, 15) is 9.59 Å². The molecule has 0 atom stereocenters. The highest BCUT2D eigenvalue weighted by Gasteiger charge is 2.22. The van der Waals surface area contributed by atoms with Crippen molar-refractivity contribution in [3.05, 3.63) is 65.2 Å². The molecule has 1 heterocycles. The zero-order valence-electron chi connectivity index (χ0n) is 17.6. The van der Waals surface area contributed by atoms with Crippen LogP contribution in [0.3, 0.4) is 0 Å². The maximum absolute atomic E-state index is 12.9. The number of carbonyl (C=O) groups excluding carboxylic acids is 2. The van der Waals surface area contributed by atoms with Crippen molar-refractivity contribution in [1.29, 1.82) is 0 Å². The van der Waals surface area contributed by atoms with E-state index in [0.717, 1.165) is 5.56 Å². The predicted molar refractivity (Wildman–Crippen MR) is 120 cm³/mol. The number of aromatic nitrogens is 1. The summed E-state index contributed by atoms with van der Waals surface area (Å²) in [4.78, 5) is 31.9. The Balaban J connectivity index is 1.91. The van der Waals surface area contributed by atoms with Gasteiger partial charge < -0.3 is 9.64 Å². The molecule has 156 valence electrons. The van der Waals surface area contributed by atoms with Crippen LogP contribution in [0.5, 0.6) is 0 Å². The van der Waals surface area contributed by atoms with Gasteiger partial charge in [-0.05, 0) is 52.0 Å². The number of nitrogens with zero attached hydrogens (tertiary/aromatic N) is 2. The lowest BCUT2D eigenvalue weighted by Gasteiger charge is -2.30. The topological polar surface area (TPSA) is 59.5 Å². The lowest BCUT2D eigenvalue weighted by atomic mass is 10.0. The van der Waals surface area contributed by atoms with Crippen LogP contribution in [0, 0.1) is 0 Å². The number of para-hydroxylation sites is 1. The molecule has 0 aliphatic carbocycles. The van der Waals surface area contributed by atoms with Crippen LogP contribution in [0.4, 0.5) is 0 Å². The number of fused-ring (bicyclic) bond motifs is 1. The van der Waals surface area contributed by atoms with E-state index in [1.165, 1.54) is 0 Å². The predicted octanol–water partition coefficient (Wildman–Crippen LogP) is 5.36. The third-order valence-corrected chi connectivity index (χ3v) is 5.06. The Morgan fingerprint density at radius 3 is 2.27 bits per heavy atom. The second-order valence-electron chi connectivity index (χ2n) is 7.64. The highest BCUT2D eigenvalue weighted by molar-refractivity contribution is 6.30. The summed E-state index contributed by atoms with van der Waals surface area (Å²) in [6.45, 7) is 7.45. The summed E-state index contributed by atoms with van der Waals surface area (Å²) in [5.74, 6) is -0.769. The molecule has 2 aromatic carbocycles. The summed E-state index contributed by atoms with van der Waals surface area (Å²) in [7, 11) is 0. The fourth-order valence-corrected chi connectivity index (χ4v) is 3.69. The van der Waals surface area contributed by atoms with Crippen molar-refractivity contribution >= 4 is 34.4 Å². The number of hydrogen-bond acceptors (Lipinski definition) is 4. The van der Waals surface area contributed by atoms with E-state index < -0.39 is 5.97 Å². The van der Waals surface area contributed by atoms with Crippen LogP contribution in [0.15, 0.2) is 54.6 Å². The molecule has 30 heavy (non-hydrogen) atoms. The molecule has 0 spiro atoms. The van der Waals surface area contributed by atoms with Gasteiger partial charge in [-0.25, -0.2) is 9.78 Å². The van der Waals surface area contributed by atoms with Gasteiger partial charge in [-0.3, -0.25) is 4.79 Å². The van der Waals surface area contributed by atoms with E-state index in [4.69, 9.17) is 16.3 Å². The number of esters is 1. The van der Waals surface area contributed by atoms with Gasteiger partial charge in [0.15, 0.2) is 6.61 Å². The molecule has 0 saturated carbocycles. The fraction of sp³-hybridized carbons (Fsp3) is 0.292. The van der Waals surface area contributed by atoms with Crippen molar-refractivity contribution in [1.82, 2.24) is 9.88 Å². The van der Waals surface area contributed by atoms with Crippen molar-refractivity contribution in [2.75, 3.05) is 6.61 Å². The SMILES string of the molecule is CC(C)N(C(=O)COC(=O)c1cc(-c2ccc(Cl)cc2)nc2ccccc12)C(C)C. The first kappa shape index (κ1) is 21.8. The van der Waals surface area contributed by atoms with E-state index in [-0.39, 0.29) is 24.6 Å². The molecule has 5 nitrogen and oxygen atoms in total. The van der Waals surface area contributed by atoms with Crippen molar-refractivity contribution in [3.63, 3.8) is 0 Å². The second-order valence-corrected chi connectivity index (χ2v) is 8.08. The summed E-state index contributed by atoms with van der Waals surface area (Å²) in [5.41, 5.74) is 2.52. The summed E-state index contributed by atoms with van der Waals surface area (Å²) in [6, 6.07) is 16.4. The first-order chi connectivity index (χ1) is 14.3. The molecule has 3 aromatic rings. The molecule has 6 heteroatoms. The van der Waals surface area contributed by atoms with Gasteiger partial charge in [-0.15, -0.1) is 0 Å². The molecule has 0 aliphatic rings. The number of rotatable bonds is 6. The molecule has 3 rings (SSSR count). The summed E-state index contributed by atoms with van der Waals surface area (Å²) in [6.07, 6.45) is 0. The van der Waals surface area contributed by atoms with E-state index in [1.54, 1.807) is 23.1 Å². The molecular formula is C24H25ClN2O3. The molecule has 0 N–H and O–H groups in total. The maximum Gasteiger partial charge on any atom is 0.339 e. The molecule has 0 fully saturated rings. The van der Waals surface area contributed by atoms with Gasteiger partial charge in [0.25, 0.3) is 5.91 Å². The lowest BCUT2D eigenvalue weighted by Crippen LogP contribution is -2.44. The van der Waals surface area contributed by atoms with Crippen LogP contribution in [0.2, 0.25) is 5.02 Å². The first-order valence-corrected chi connectivity index (χ1v) is 10.3. The zero-order chi connectivity index (χ0) is 21.8. The van der Waals surface area contributed by atoms with E-state index >= 15 is 0 Å². The van der Waals surface area contributed by atoms with Crippen LogP contribution in [-0.4, -0.2) is 40.5 Å². The third kappa shape index (κ3) is 4.79. The summed E-state index contributed by atoms with van der Waals surface area (Å²) >= 11 is 5.99. The van der Waals surface area contributed by atoms with Crippen LogP contribution in [0.1, 0.15) is 38.1 Å². The van der Waals surface area contributed by atoms with Crippen molar-refractivity contribution in [2.45, 2.75) is 39.8 Å². The minimum absolute atomic E-state index is 0.0227. The van der Waals surface area contributed by atoms with E-state index in [0.29, 0.717) is 27.2 Å². The van der Waals surface area contributed by atoms with Crippen LogP contribution in [-0.2, 0) is 9.53 Å². The van der Waals surface area contributed by atoms with Crippen molar-refractivity contribution in [2.24, 2.45) is 0 Å². The quantitative estimate of drug-likeness (QED) is 0.500. The molecule has 0 aliphatic heterocycles. The highest BCUT2D eigenvalue weighted by Crippen LogP contribution is 2.26. The van der Waals surface area contributed by atoms with Crippen LogP contribution in [0.25, 0.3) is 22.2 Å². The van der Waals surface area contributed by atoms with E-state index in [2.05, 4.69) is 4.98 Å². The van der Waals surface area contributed by atoms with Crippen molar-refractivity contribution < 1.29 is 14.3 Å². The number of halogens is 1. The van der Waals surface area contributed by atoms with Gasteiger partial charge in [0.1, 0.15) is 0 Å². The molecule has 0 radical (unpaired) electrons. The van der Waals surface area contributed by atoms with Gasteiger partial charge in [0, 0.05) is 28.1 Å². The number of benzene rings is 2. The van der Waals surface area contributed by atoms with Gasteiger partial charge in [0.05, 0.1) is 16.8 Å². The average Bonchev–Trinajstić information content (AvgIpc) is 2.71. The van der Waals surface area contributed by atoms with Crippen molar-refractivity contribution in [3.8, 4) is 11.3 Å². The standard InChI is InChI=1S/C24H25ClN2O3/c1-15(2)27(16(3)4)23(28)14-30-24(29)20-13-22(17-9-11-18(25)12-10-17)26-21-8-6-5-7-19(20)21/h5-13,15-16H,14H2,1-4H3. The third-order valence-electron chi connectivity index (χ3n) is 4.80.